The van der Waals surface area contributed by atoms with Crippen molar-refractivity contribution < 1.29 is 18.7 Å². The third kappa shape index (κ3) is 2.71. The average Bonchev–Trinajstić information content (AvgIpc) is 2.88. The molecule has 134 valence electrons. The lowest BCUT2D eigenvalue weighted by Crippen LogP contribution is -2.46. The number of hydrogen-bond donors (Lipinski definition) is 1. The quantitative estimate of drug-likeness (QED) is 0.859. The van der Waals surface area contributed by atoms with Crippen LogP contribution < -0.4 is 10.1 Å². The van der Waals surface area contributed by atoms with Crippen molar-refractivity contribution in [2.75, 3.05) is 13.2 Å². The van der Waals surface area contributed by atoms with E-state index in [0.717, 1.165) is 24.0 Å². The molecule has 26 heavy (non-hydrogen) atoms. The van der Waals surface area contributed by atoms with Gasteiger partial charge in [0.25, 0.3) is 5.91 Å². The van der Waals surface area contributed by atoms with Crippen LogP contribution in [-0.4, -0.2) is 30.0 Å². The minimum absolute atomic E-state index is 0.145. The highest BCUT2D eigenvalue weighted by Crippen LogP contribution is 2.39. The molecular formula is C20H19FN2O3. The molecular weight excluding hydrogens is 335 g/mol. The lowest BCUT2D eigenvalue weighted by atomic mass is 9.76. The summed E-state index contributed by atoms with van der Waals surface area (Å²) in [5, 5.41) is 2.91. The number of hydrogen-bond acceptors (Lipinski definition) is 3. The molecule has 0 unspecified atom stereocenters. The van der Waals surface area contributed by atoms with E-state index in [0.29, 0.717) is 12.2 Å². The molecule has 1 spiro atoms. The first kappa shape index (κ1) is 16.6. The van der Waals surface area contributed by atoms with Gasteiger partial charge in [-0.3, -0.25) is 9.69 Å². The standard InChI is InChI=1S/C20H19FN2O3/c21-15-7-9-16(10-8-15)26-13-12-23-18(24)20(22-19(23)25)11-3-5-14-4-1-2-6-17(14)20/h1-2,4,6-10H,3,5,11-13H2,(H,22,25)/t20-/m0/s1. The summed E-state index contributed by atoms with van der Waals surface area (Å²) in [6, 6.07) is 13.0. The second kappa shape index (κ2) is 6.44. The fourth-order valence-corrected chi connectivity index (χ4v) is 3.80. The van der Waals surface area contributed by atoms with Gasteiger partial charge in [-0.25, -0.2) is 9.18 Å². The van der Waals surface area contributed by atoms with Crippen LogP contribution in [0.3, 0.4) is 0 Å². The van der Waals surface area contributed by atoms with Crippen LogP contribution in [-0.2, 0) is 16.8 Å². The van der Waals surface area contributed by atoms with E-state index in [1.165, 1.54) is 29.2 Å². The van der Waals surface area contributed by atoms with Crippen molar-refractivity contribution in [3.05, 3.63) is 65.5 Å². The van der Waals surface area contributed by atoms with Crippen molar-refractivity contribution in [3.63, 3.8) is 0 Å². The fourth-order valence-electron chi connectivity index (χ4n) is 3.80. The normalized spacial score (nSPS) is 21.7. The number of carbonyl (C=O) groups is 2. The van der Waals surface area contributed by atoms with E-state index >= 15 is 0 Å². The molecule has 2 aromatic rings. The summed E-state index contributed by atoms with van der Waals surface area (Å²) in [7, 11) is 0. The van der Waals surface area contributed by atoms with Crippen LogP contribution in [0.2, 0.25) is 0 Å². The number of fused-ring (bicyclic) bond motifs is 2. The van der Waals surface area contributed by atoms with Gasteiger partial charge in [0.1, 0.15) is 23.7 Å². The van der Waals surface area contributed by atoms with Crippen molar-refractivity contribution in [1.29, 1.82) is 0 Å². The topological polar surface area (TPSA) is 58.6 Å². The number of nitrogens with zero attached hydrogens (tertiary/aromatic N) is 1. The van der Waals surface area contributed by atoms with E-state index in [4.69, 9.17) is 4.74 Å². The molecule has 2 aromatic carbocycles. The van der Waals surface area contributed by atoms with Crippen LogP contribution in [0.1, 0.15) is 24.0 Å². The smallest absolute Gasteiger partial charge is 0.325 e. The van der Waals surface area contributed by atoms with Crippen LogP contribution in [0, 0.1) is 5.82 Å². The number of rotatable bonds is 4. The van der Waals surface area contributed by atoms with Gasteiger partial charge in [0.2, 0.25) is 0 Å². The highest BCUT2D eigenvalue weighted by Gasteiger charge is 2.53. The van der Waals surface area contributed by atoms with Crippen LogP contribution >= 0.6 is 0 Å². The van der Waals surface area contributed by atoms with Crippen LogP contribution in [0.4, 0.5) is 9.18 Å². The Bertz CT molecular complexity index is 852. The Hall–Kier alpha value is -2.89. The van der Waals surface area contributed by atoms with Gasteiger partial charge in [-0.2, -0.15) is 0 Å². The predicted molar refractivity (Wildman–Crippen MR) is 93.2 cm³/mol. The molecule has 2 aliphatic rings. The number of amides is 3. The monoisotopic (exact) mass is 354 g/mol. The third-order valence-corrected chi connectivity index (χ3v) is 5.05. The number of carbonyl (C=O) groups excluding carboxylic acids is 2. The zero-order chi connectivity index (χ0) is 18.1. The number of urea groups is 1. The van der Waals surface area contributed by atoms with E-state index in [2.05, 4.69) is 5.32 Å². The van der Waals surface area contributed by atoms with Gasteiger partial charge in [0.05, 0.1) is 6.54 Å². The third-order valence-electron chi connectivity index (χ3n) is 5.05. The van der Waals surface area contributed by atoms with E-state index in [9.17, 15) is 14.0 Å². The Kier molecular flexibility index (Phi) is 4.11. The summed E-state index contributed by atoms with van der Waals surface area (Å²) < 4.78 is 18.4. The minimum Gasteiger partial charge on any atom is -0.492 e. The Balaban J connectivity index is 1.49. The molecule has 3 amide bonds. The number of nitrogens with one attached hydrogen (secondary N) is 1. The molecule has 5 nitrogen and oxygen atoms in total. The molecule has 4 rings (SSSR count). The van der Waals surface area contributed by atoms with Crippen molar-refractivity contribution >= 4 is 11.9 Å². The lowest BCUT2D eigenvalue weighted by Gasteiger charge is -2.33. The molecule has 1 atom stereocenters. The predicted octanol–water partition coefficient (Wildman–Crippen LogP) is 2.99. The van der Waals surface area contributed by atoms with Crippen molar-refractivity contribution in [1.82, 2.24) is 10.2 Å². The SMILES string of the molecule is O=C1N[C@]2(CCCc3ccccc32)C(=O)N1CCOc1ccc(F)cc1. The Morgan fingerprint density at radius 1 is 1.12 bits per heavy atom. The molecule has 1 aliphatic carbocycles. The van der Waals surface area contributed by atoms with E-state index in [-0.39, 0.29) is 24.9 Å². The number of benzene rings is 2. The van der Waals surface area contributed by atoms with Crippen LogP contribution in [0.5, 0.6) is 5.75 Å². The summed E-state index contributed by atoms with van der Waals surface area (Å²) >= 11 is 0. The second-order valence-electron chi connectivity index (χ2n) is 6.61. The van der Waals surface area contributed by atoms with E-state index < -0.39 is 11.6 Å². The summed E-state index contributed by atoms with van der Waals surface area (Å²) in [5.74, 6) is -0.0714. The zero-order valence-electron chi connectivity index (χ0n) is 14.2. The summed E-state index contributed by atoms with van der Waals surface area (Å²) in [4.78, 5) is 26.7. The molecule has 0 saturated carbocycles. The van der Waals surface area contributed by atoms with Crippen molar-refractivity contribution in [2.45, 2.75) is 24.8 Å². The largest absolute Gasteiger partial charge is 0.492 e. The molecule has 6 heteroatoms. The van der Waals surface area contributed by atoms with Crippen molar-refractivity contribution in [2.24, 2.45) is 0 Å². The first-order valence-corrected chi connectivity index (χ1v) is 8.71. The summed E-state index contributed by atoms with van der Waals surface area (Å²) in [5.41, 5.74) is 1.05. The molecule has 1 saturated heterocycles. The Morgan fingerprint density at radius 2 is 1.88 bits per heavy atom. The second-order valence-corrected chi connectivity index (χ2v) is 6.61. The lowest BCUT2D eigenvalue weighted by molar-refractivity contribution is -0.132. The van der Waals surface area contributed by atoms with E-state index in [1.54, 1.807) is 0 Å². The first-order valence-electron chi connectivity index (χ1n) is 8.71. The molecule has 0 bridgehead atoms. The first-order chi connectivity index (χ1) is 12.6. The molecule has 1 N–H and O–H groups in total. The maximum atomic E-state index is 13.1. The molecule has 1 heterocycles. The van der Waals surface area contributed by atoms with E-state index in [1.807, 2.05) is 24.3 Å². The molecule has 1 fully saturated rings. The minimum atomic E-state index is -0.957. The molecule has 0 aromatic heterocycles. The number of ether oxygens (including phenoxy) is 1. The number of halogens is 1. The van der Waals surface area contributed by atoms with Crippen LogP contribution in [0.15, 0.2) is 48.5 Å². The number of aryl methyl sites for hydroxylation is 1. The highest BCUT2D eigenvalue weighted by atomic mass is 19.1. The maximum absolute atomic E-state index is 13.1. The van der Waals surface area contributed by atoms with Gasteiger partial charge >= 0.3 is 6.03 Å². The van der Waals surface area contributed by atoms with Gasteiger partial charge in [-0.1, -0.05) is 24.3 Å². The molecule has 1 aliphatic heterocycles. The average molecular weight is 354 g/mol. The van der Waals surface area contributed by atoms with Crippen LogP contribution in [0.25, 0.3) is 0 Å². The van der Waals surface area contributed by atoms with Gasteiger partial charge in [-0.15, -0.1) is 0 Å². The molecule has 0 radical (unpaired) electrons. The Labute approximate surface area is 150 Å². The number of imide groups is 1. The Morgan fingerprint density at radius 3 is 2.69 bits per heavy atom. The summed E-state index contributed by atoms with van der Waals surface area (Å²) in [6.45, 7) is 0.300. The fraction of sp³-hybridized carbons (Fsp3) is 0.300. The van der Waals surface area contributed by atoms with Gasteiger partial charge < -0.3 is 10.1 Å². The van der Waals surface area contributed by atoms with Crippen molar-refractivity contribution in [3.8, 4) is 5.75 Å². The van der Waals surface area contributed by atoms with Gasteiger partial charge in [0, 0.05) is 0 Å². The highest BCUT2D eigenvalue weighted by molar-refractivity contribution is 6.07. The zero-order valence-corrected chi connectivity index (χ0v) is 14.2. The van der Waals surface area contributed by atoms with Gasteiger partial charge in [-0.05, 0) is 54.7 Å². The van der Waals surface area contributed by atoms with Gasteiger partial charge in [0.15, 0.2) is 0 Å². The maximum Gasteiger partial charge on any atom is 0.325 e. The summed E-state index contributed by atoms with van der Waals surface area (Å²) in [6.07, 6.45) is 2.36.